The number of rotatable bonds is 6. The quantitative estimate of drug-likeness (QED) is 0.624. The van der Waals surface area contributed by atoms with Gasteiger partial charge in [-0.3, -0.25) is 10.1 Å². The summed E-state index contributed by atoms with van der Waals surface area (Å²) in [6, 6.07) is 11.9. The summed E-state index contributed by atoms with van der Waals surface area (Å²) >= 11 is 3.42. The van der Waals surface area contributed by atoms with Gasteiger partial charge in [0, 0.05) is 22.6 Å². The van der Waals surface area contributed by atoms with Gasteiger partial charge in [0.15, 0.2) is 0 Å². The predicted octanol–water partition coefficient (Wildman–Crippen LogP) is 4.26. The fraction of sp³-hybridized carbons (Fsp3) is 0.200. The number of benzene rings is 2. The standard InChI is InChI=1S/C15H15BrN2O3/c1-2-17-10-11-9-12(16)7-8-14(11)21-15-6-4-3-5-13(15)18(19)20/h3-9,17H,2,10H2,1H3. The first-order valence-electron chi connectivity index (χ1n) is 6.52. The predicted molar refractivity (Wildman–Crippen MR) is 84.7 cm³/mol. The molecule has 0 saturated heterocycles. The molecule has 0 aliphatic heterocycles. The molecule has 0 atom stereocenters. The number of nitrogens with zero attached hydrogens (tertiary/aromatic N) is 1. The van der Waals surface area contributed by atoms with Crippen molar-refractivity contribution in [2.45, 2.75) is 13.5 Å². The molecule has 0 heterocycles. The third-order valence-electron chi connectivity index (χ3n) is 2.87. The Balaban J connectivity index is 2.33. The molecule has 0 bridgehead atoms. The molecule has 2 rings (SSSR count). The Morgan fingerprint density at radius 2 is 2.00 bits per heavy atom. The molecule has 0 aliphatic carbocycles. The molecule has 0 unspecified atom stereocenters. The molecule has 1 N–H and O–H groups in total. The highest BCUT2D eigenvalue weighted by Crippen LogP contribution is 2.33. The van der Waals surface area contributed by atoms with Gasteiger partial charge < -0.3 is 10.1 Å². The SMILES string of the molecule is CCNCc1cc(Br)ccc1Oc1ccccc1[N+](=O)[O-]. The molecule has 6 heteroatoms. The molecule has 0 aromatic heterocycles. The van der Waals surface area contributed by atoms with E-state index in [1.165, 1.54) is 6.07 Å². The van der Waals surface area contributed by atoms with Gasteiger partial charge >= 0.3 is 5.69 Å². The Morgan fingerprint density at radius 3 is 2.71 bits per heavy atom. The highest BCUT2D eigenvalue weighted by atomic mass is 79.9. The van der Waals surface area contributed by atoms with E-state index in [9.17, 15) is 10.1 Å². The molecule has 5 nitrogen and oxygen atoms in total. The number of para-hydroxylation sites is 2. The second kappa shape index (κ2) is 7.19. The number of hydrogen-bond acceptors (Lipinski definition) is 4. The number of ether oxygens (including phenoxy) is 1. The summed E-state index contributed by atoms with van der Waals surface area (Å²) in [5.74, 6) is 0.844. The molecule has 2 aromatic rings. The Bertz CT molecular complexity index is 647. The van der Waals surface area contributed by atoms with E-state index in [-0.39, 0.29) is 11.4 Å². The minimum Gasteiger partial charge on any atom is -0.450 e. The minimum atomic E-state index is -0.446. The minimum absolute atomic E-state index is 0.0465. The molecule has 110 valence electrons. The van der Waals surface area contributed by atoms with Crippen LogP contribution in [0, 0.1) is 10.1 Å². The first-order valence-corrected chi connectivity index (χ1v) is 7.31. The van der Waals surface area contributed by atoms with Crippen molar-refractivity contribution >= 4 is 21.6 Å². The van der Waals surface area contributed by atoms with Gasteiger partial charge in [0.25, 0.3) is 0 Å². The van der Waals surface area contributed by atoms with Crippen LogP contribution >= 0.6 is 15.9 Å². The average Bonchev–Trinajstić information content (AvgIpc) is 2.47. The number of nitro groups is 1. The lowest BCUT2D eigenvalue weighted by molar-refractivity contribution is -0.385. The van der Waals surface area contributed by atoms with E-state index in [4.69, 9.17) is 4.74 Å². The van der Waals surface area contributed by atoms with Crippen LogP contribution in [0.15, 0.2) is 46.9 Å². The third-order valence-corrected chi connectivity index (χ3v) is 3.36. The van der Waals surface area contributed by atoms with Crippen LogP contribution in [-0.2, 0) is 6.54 Å². The molecule has 0 amide bonds. The number of nitro benzene ring substituents is 1. The molecule has 0 fully saturated rings. The molecule has 0 saturated carbocycles. The van der Waals surface area contributed by atoms with E-state index in [1.807, 2.05) is 19.1 Å². The third kappa shape index (κ3) is 4.03. The largest absolute Gasteiger partial charge is 0.450 e. The van der Waals surface area contributed by atoms with E-state index in [0.717, 1.165) is 16.6 Å². The van der Waals surface area contributed by atoms with Crippen molar-refractivity contribution in [2.24, 2.45) is 0 Å². The molecular weight excluding hydrogens is 336 g/mol. The van der Waals surface area contributed by atoms with Crippen LogP contribution in [0.25, 0.3) is 0 Å². The fourth-order valence-electron chi connectivity index (χ4n) is 1.86. The van der Waals surface area contributed by atoms with Crippen LogP contribution < -0.4 is 10.1 Å². The van der Waals surface area contributed by atoms with Crippen LogP contribution in [0.5, 0.6) is 11.5 Å². The summed E-state index contributed by atoms with van der Waals surface area (Å²) < 4.78 is 6.69. The second-order valence-corrected chi connectivity index (χ2v) is 5.27. The Hall–Kier alpha value is -1.92. The maximum atomic E-state index is 11.0. The highest BCUT2D eigenvalue weighted by molar-refractivity contribution is 9.10. The van der Waals surface area contributed by atoms with Crippen molar-refractivity contribution in [1.29, 1.82) is 0 Å². The van der Waals surface area contributed by atoms with Gasteiger partial charge in [0.05, 0.1) is 4.92 Å². The summed E-state index contributed by atoms with van der Waals surface area (Å²) in [7, 11) is 0. The van der Waals surface area contributed by atoms with Crippen molar-refractivity contribution in [3.63, 3.8) is 0 Å². The maximum Gasteiger partial charge on any atom is 0.311 e. The van der Waals surface area contributed by atoms with Crippen LogP contribution in [0.4, 0.5) is 5.69 Å². The van der Waals surface area contributed by atoms with E-state index in [1.54, 1.807) is 24.3 Å². The lowest BCUT2D eigenvalue weighted by Crippen LogP contribution is -2.12. The first-order chi connectivity index (χ1) is 10.1. The van der Waals surface area contributed by atoms with E-state index < -0.39 is 4.92 Å². The zero-order valence-electron chi connectivity index (χ0n) is 11.5. The summed E-state index contributed by atoms with van der Waals surface area (Å²) in [6.07, 6.45) is 0. The Morgan fingerprint density at radius 1 is 1.24 bits per heavy atom. The zero-order chi connectivity index (χ0) is 15.2. The van der Waals surface area contributed by atoms with E-state index >= 15 is 0 Å². The Kier molecular flexibility index (Phi) is 5.30. The highest BCUT2D eigenvalue weighted by Gasteiger charge is 2.16. The lowest BCUT2D eigenvalue weighted by Gasteiger charge is -2.12. The van der Waals surface area contributed by atoms with Crippen LogP contribution in [0.2, 0.25) is 0 Å². The van der Waals surface area contributed by atoms with Crippen molar-refractivity contribution in [2.75, 3.05) is 6.54 Å². The smallest absolute Gasteiger partial charge is 0.311 e. The number of nitrogens with one attached hydrogen (secondary N) is 1. The zero-order valence-corrected chi connectivity index (χ0v) is 13.1. The average molecular weight is 351 g/mol. The topological polar surface area (TPSA) is 64.4 Å². The molecule has 21 heavy (non-hydrogen) atoms. The van der Waals surface area contributed by atoms with Gasteiger partial charge in [-0.15, -0.1) is 0 Å². The van der Waals surface area contributed by atoms with Gasteiger partial charge in [0.2, 0.25) is 5.75 Å². The normalized spacial score (nSPS) is 10.4. The molecule has 0 aliphatic rings. The molecule has 0 spiro atoms. The summed E-state index contributed by atoms with van der Waals surface area (Å²) in [4.78, 5) is 10.6. The number of halogens is 1. The van der Waals surface area contributed by atoms with Gasteiger partial charge in [-0.2, -0.15) is 0 Å². The summed E-state index contributed by atoms with van der Waals surface area (Å²) in [6.45, 7) is 3.48. The monoisotopic (exact) mass is 350 g/mol. The van der Waals surface area contributed by atoms with Crippen LogP contribution in [0.3, 0.4) is 0 Å². The van der Waals surface area contributed by atoms with Gasteiger partial charge in [-0.25, -0.2) is 0 Å². The maximum absolute atomic E-state index is 11.0. The summed E-state index contributed by atoms with van der Waals surface area (Å²) in [5.41, 5.74) is 0.888. The van der Waals surface area contributed by atoms with Crippen molar-refractivity contribution < 1.29 is 9.66 Å². The second-order valence-electron chi connectivity index (χ2n) is 4.36. The van der Waals surface area contributed by atoms with Crippen LogP contribution in [-0.4, -0.2) is 11.5 Å². The van der Waals surface area contributed by atoms with E-state index in [2.05, 4.69) is 21.2 Å². The van der Waals surface area contributed by atoms with Gasteiger partial charge in [0.1, 0.15) is 5.75 Å². The van der Waals surface area contributed by atoms with Crippen LogP contribution in [0.1, 0.15) is 12.5 Å². The Labute approximate surface area is 131 Å². The number of hydrogen-bond donors (Lipinski definition) is 1. The first kappa shape index (κ1) is 15.5. The molecule has 2 aromatic carbocycles. The fourth-order valence-corrected chi connectivity index (χ4v) is 2.27. The molecule has 0 radical (unpaired) electrons. The van der Waals surface area contributed by atoms with Crippen molar-refractivity contribution in [3.8, 4) is 11.5 Å². The van der Waals surface area contributed by atoms with Crippen molar-refractivity contribution in [3.05, 3.63) is 62.6 Å². The lowest BCUT2D eigenvalue weighted by atomic mass is 10.2. The van der Waals surface area contributed by atoms with E-state index in [0.29, 0.717) is 12.3 Å². The molecular formula is C15H15BrN2O3. The summed E-state index contributed by atoms with van der Waals surface area (Å²) in [5, 5.41) is 14.2. The van der Waals surface area contributed by atoms with Crippen molar-refractivity contribution in [1.82, 2.24) is 5.32 Å². The van der Waals surface area contributed by atoms with Gasteiger partial charge in [-0.05, 0) is 30.8 Å². The van der Waals surface area contributed by atoms with Gasteiger partial charge in [-0.1, -0.05) is 35.0 Å².